The largest absolute Gasteiger partial charge is 0.349 e. The van der Waals surface area contributed by atoms with E-state index in [1.54, 1.807) is 12.1 Å². The number of hydrogen-bond acceptors (Lipinski definition) is 5. The van der Waals surface area contributed by atoms with E-state index >= 15 is 0 Å². The van der Waals surface area contributed by atoms with E-state index in [9.17, 15) is 9.59 Å². The lowest BCUT2D eigenvalue weighted by Crippen LogP contribution is -2.26. The number of Topliss-reactive ketones (excluding diaryl/α,β-unsaturated/α-hetero) is 2. The highest BCUT2D eigenvalue weighted by Crippen LogP contribution is 2.23. The highest BCUT2D eigenvalue weighted by Gasteiger charge is 2.21. The first-order valence-corrected chi connectivity index (χ1v) is 6.06. The molecule has 0 saturated carbocycles. The highest BCUT2D eigenvalue weighted by atomic mass is 79.9. The summed E-state index contributed by atoms with van der Waals surface area (Å²) in [7, 11) is 2.72. The van der Waals surface area contributed by atoms with Crippen LogP contribution in [0.4, 0.5) is 0 Å². The van der Waals surface area contributed by atoms with Crippen LogP contribution >= 0.6 is 27.3 Å². The molecule has 1 rings (SSSR count). The lowest BCUT2D eigenvalue weighted by atomic mass is 10.1. The molecule has 88 valence electrons. The van der Waals surface area contributed by atoms with Crippen LogP contribution in [0, 0.1) is 0 Å². The SMILES string of the molecule is COC(OC)C(=O)CC(=O)c1ccc(Br)s1. The van der Waals surface area contributed by atoms with Crippen LogP contribution in [0.2, 0.25) is 0 Å². The predicted molar refractivity (Wildman–Crippen MR) is 63.8 cm³/mol. The summed E-state index contributed by atoms with van der Waals surface area (Å²) in [5, 5.41) is 0. The summed E-state index contributed by atoms with van der Waals surface area (Å²) in [6, 6.07) is 3.45. The van der Waals surface area contributed by atoms with Crippen LogP contribution in [0.25, 0.3) is 0 Å². The Labute approximate surface area is 106 Å². The third-order valence-corrected chi connectivity index (χ3v) is 3.54. The summed E-state index contributed by atoms with van der Waals surface area (Å²) >= 11 is 4.55. The lowest BCUT2D eigenvalue weighted by molar-refractivity contribution is -0.155. The molecule has 0 saturated heterocycles. The van der Waals surface area contributed by atoms with Crippen LogP contribution in [0.15, 0.2) is 15.9 Å². The Morgan fingerprint density at radius 3 is 2.44 bits per heavy atom. The molecule has 0 fully saturated rings. The number of rotatable bonds is 6. The quantitative estimate of drug-likeness (QED) is 0.459. The molecule has 0 aliphatic rings. The maximum atomic E-state index is 11.7. The normalized spacial score (nSPS) is 10.8. The topological polar surface area (TPSA) is 52.6 Å². The van der Waals surface area contributed by atoms with Crippen molar-refractivity contribution in [3.05, 3.63) is 20.8 Å². The van der Waals surface area contributed by atoms with Crippen LogP contribution in [0.3, 0.4) is 0 Å². The zero-order chi connectivity index (χ0) is 12.1. The zero-order valence-corrected chi connectivity index (χ0v) is 11.3. The van der Waals surface area contributed by atoms with Gasteiger partial charge >= 0.3 is 0 Å². The number of thiophene rings is 1. The van der Waals surface area contributed by atoms with Crippen LogP contribution < -0.4 is 0 Å². The molecule has 4 nitrogen and oxygen atoms in total. The molecular formula is C10H11BrO4S. The van der Waals surface area contributed by atoms with Gasteiger partial charge in [-0.25, -0.2) is 0 Å². The van der Waals surface area contributed by atoms with E-state index in [1.165, 1.54) is 25.6 Å². The molecule has 1 aromatic heterocycles. The standard InChI is InChI=1S/C10H11BrO4S/c1-14-10(15-2)7(13)5-6(12)8-3-4-9(11)16-8/h3-4,10H,5H2,1-2H3. The van der Waals surface area contributed by atoms with Crippen molar-refractivity contribution in [3.8, 4) is 0 Å². The fourth-order valence-electron chi connectivity index (χ4n) is 1.15. The smallest absolute Gasteiger partial charge is 0.217 e. The molecule has 16 heavy (non-hydrogen) atoms. The van der Waals surface area contributed by atoms with Crippen LogP contribution in [-0.2, 0) is 14.3 Å². The average molecular weight is 307 g/mol. The van der Waals surface area contributed by atoms with Gasteiger partial charge in [-0.05, 0) is 28.1 Å². The number of ether oxygens (including phenoxy) is 2. The maximum absolute atomic E-state index is 11.7. The number of carbonyl (C=O) groups excluding carboxylic acids is 2. The van der Waals surface area contributed by atoms with Crippen molar-refractivity contribution in [1.29, 1.82) is 0 Å². The third-order valence-electron chi connectivity index (χ3n) is 1.87. The van der Waals surface area contributed by atoms with E-state index in [-0.39, 0.29) is 18.0 Å². The van der Waals surface area contributed by atoms with Crippen molar-refractivity contribution in [2.75, 3.05) is 14.2 Å². The molecule has 0 aliphatic heterocycles. The molecule has 0 spiro atoms. The van der Waals surface area contributed by atoms with Gasteiger partial charge in [-0.2, -0.15) is 0 Å². The summed E-state index contributed by atoms with van der Waals surface area (Å²) in [6.45, 7) is 0. The first kappa shape index (κ1) is 13.5. The Bertz CT molecular complexity index is 384. The second-order valence-corrected chi connectivity index (χ2v) is 5.44. The maximum Gasteiger partial charge on any atom is 0.217 e. The number of hydrogen-bond donors (Lipinski definition) is 0. The molecule has 0 bridgehead atoms. The second kappa shape index (κ2) is 6.24. The van der Waals surface area contributed by atoms with Gasteiger partial charge in [0.25, 0.3) is 0 Å². The van der Waals surface area contributed by atoms with Gasteiger partial charge in [-0.3, -0.25) is 9.59 Å². The first-order valence-electron chi connectivity index (χ1n) is 4.45. The molecule has 0 aliphatic carbocycles. The third kappa shape index (κ3) is 3.48. The van der Waals surface area contributed by atoms with Crippen molar-refractivity contribution >= 4 is 38.8 Å². The minimum Gasteiger partial charge on any atom is -0.349 e. The summed E-state index contributed by atoms with van der Waals surface area (Å²) in [4.78, 5) is 23.7. The highest BCUT2D eigenvalue weighted by molar-refractivity contribution is 9.11. The van der Waals surface area contributed by atoms with Gasteiger partial charge in [0.2, 0.25) is 6.29 Å². The molecule has 0 N–H and O–H groups in total. The van der Waals surface area contributed by atoms with Gasteiger partial charge in [0.15, 0.2) is 11.6 Å². The van der Waals surface area contributed by atoms with Crippen LogP contribution in [0.5, 0.6) is 0 Å². The summed E-state index contributed by atoms with van der Waals surface area (Å²) in [5.74, 6) is -0.598. The lowest BCUT2D eigenvalue weighted by Gasteiger charge is -2.10. The Morgan fingerprint density at radius 2 is 2.00 bits per heavy atom. The number of ketones is 2. The van der Waals surface area contributed by atoms with E-state index in [0.717, 1.165) is 3.79 Å². The van der Waals surface area contributed by atoms with Crippen molar-refractivity contribution < 1.29 is 19.1 Å². The Morgan fingerprint density at radius 1 is 1.38 bits per heavy atom. The van der Waals surface area contributed by atoms with E-state index in [4.69, 9.17) is 9.47 Å². The van der Waals surface area contributed by atoms with Gasteiger partial charge in [-0.15, -0.1) is 11.3 Å². The van der Waals surface area contributed by atoms with Crippen molar-refractivity contribution in [2.45, 2.75) is 12.7 Å². The molecule has 1 aromatic rings. The van der Waals surface area contributed by atoms with Gasteiger partial charge in [0, 0.05) is 14.2 Å². The van der Waals surface area contributed by atoms with Gasteiger partial charge in [0.05, 0.1) is 15.1 Å². The summed E-state index contributed by atoms with van der Waals surface area (Å²) in [5.41, 5.74) is 0. The van der Waals surface area contributed by atoms with Gasteiger partial charge < -0.3 is 9.47 Å². The summed E-state index contributed by atoms with van der Waals surface area (Å²) < 4.78 is 10.4. The monoisotopic (exact) mass is 306 g/mol. The Balaban J connectivity index is 2.61. The zero-order valence-electron chi connectivity index (χ0n) is 8.86. The molecule has 0 unspecified atom stereocenters. The van der Waals surface area contributed by atoms with Gasteiger partial charge in [-0.1, -0.05) is 0 Å². The van der Waals surface area contributed by atoms with Crippen LogP contribution in [-0.4, -0.2) is 32.1 Å². The number of halogens is 1. The van der Waals surface area contributed by atoms with E-state index < -0.39 is 6.29 Å². The number of methoxy groups -OCH3 is 2. The fraction of sp³-hybridized carbons (Fsp3) is 0.400. The van der Waals surface area contributed by atoms with E-state index in [1.807, 2.05) is 0 Å². The molecule has 0 aromatic carbocycles. The number of carbonyl (C=O) groups is 2. The fourth-order valence-corrected chi connectivity index (χ4v) is 2.48. The molecule has 6 heteroatoms. The molecule has 0 atom stereocenters. The van der Waals surface area contributed by atoms with Crippen LogP contribution in [0.1, 0.15) is 16.1 Å². The van der Waals surface area contributed by atoms with Gasteiger partial charge in [0.1, 0.15) is 0 Å². The molecule has 0 amide bonds. The minimum absolute atomic E-state index is 0.209. The Kier molecular flexibility index (Phi) is 5.27. The van der Waals surface area contributed by atoms with Crippen molar-refractivity contribution in [3.63, 3.8) is 0 Å². The predicted octanol–water partition coefficient (Wildman–Crippen LogP) is 2.27. The molecule has 0 radical (unpaired) electrons. The Hall–Kier alpha value is -0.560. The average Bonchev–Trinajstić information content (AvgIpc) is 2.66. The minimum atomic E-state index is -0.965. The summed E-state index contributed by atoms with van der Waals surface area (Å²) in [6.07, 6.45) is -1.17. The molecular weight excluding hydrogens is 296 g/mol. The van der Waals surface area contributed by atoms with E-state index in [2.05, 4.69) is 15.9 Å². The molecule has 1 heterocycles. The van der Waals surface area contributed by atoms with E-state index in [0.29, 0.717) is 4.88 Å². The van der Waals surface area contributed by atoms with Crippen molar-refractivity contribution in [2.24, 2.45) is 0 Å². The second-order valence-electron chi connectivity index (χ2n) is 2.97. The first-order chi connectivity index (χ1) is 7.58. The van der Waals surface area contributed by atoms with Crippen molar-refractivity contribution in [1.82, 2.24) is 0 Å².